The van der Waals surface area contributed by atoms with Crippen LogP contribution in [0.2, 0.25) is 0 Å². The van der Waals surface area contributed by atoms with Crippen molar-refractivity contribution in [2.24, 2.45) is 5.92 Å². The minimum Gasteiger partial charge on any atom is -0.494 e. The molecule has 2 fully saturated rings. The zero-order chi connectivity index (χ0) is 19.4. The van der Waals surface area contributed by atoms with Crippen molar-refractivity contribution in [3.8, 4) is 5.75 Å². The maximum Gasteiger partial charge on any atom is 0.251 e. The highest BCUT2D eigenvalue weighted by molar-refractivity contribution is 5.97. The molecule has 3 rings (SSSR count). The third kappa shape index (κ3) is 4.97. The van der Waals surface area contributed by atoms with Crippen molar-refractivity contribution in [1.29, 1.82) is 0 Å². The van der Waals surface area contributed by atoms with Gasteiger partial charge in [-0.2, -0.15) is 0 Å². The van der Waals surface area contributed by atoms with Gasteiger partial charge in [-0.3, -0.25) is 9.59 Å². The summed E-state index contributed by atoms with van der Waals surface area (Å²) < 4.78 is 5.42. The first-order valence-corrected chi connectivity index (χ1v) is 10.1. The molecule has 0 saturated carbocycles. The second-order valence-corrected chi connectivity index (χ2v) is 7.78. The monoisotopic (exact) mass is 409 g/mol. The van der Waals surface area contributed by atoms with Gasteiger partial charge in [-0.15, -0.1) is 12.4 Å². The molecule has 3 unspecified atom stereocenters. The molecule has 2 saturated heterocycles. The maximum atomic E-state index is 13.3. The van der Waals surface area contributed by atoms with Crippen LogP contribution < -0.4 is 15.4 Å². The Hall–Kier alpha value is -1.79. The van der Waals surface area contributed by atoms with Crippen molar-refractivity contribution >= 4 is 24.2 Å². The Bertz CT molecular complexity index is 651. The number of carbonyl (C=O) groups is 2. The Morgan fingerprint density at radius 3 is 2.50 bits per heavy atom. The summed E-state index contributed by atoms with van der Waals surface area (Å²) in [7, 11) is 0. The molecule has 7 heteroatoms. The van der Waals surface area contributed by atoms with Crippen LogP contribution in [0.4, 0.5) is 0 Å². The van der Waals surface area contributed by atoms with Crippen molar-refractivity contribution in [2.45, 2.75) is 58.2 Å². The topological polar surface area (TPSA) is 70.7 Å². The molecule has 1 aromatic rings. The van der Waals surface area contributed by atoms with Crippen molar-refractivity contribution in [2.75, 3.05) is 19.7 Å². The van der Waals surface area contributed by atoms with Gasteiger partial charge in [-0.05, 0) is 62.9 Å². The number of hydrogen-bond acceptors (Lipinski definition) is 4. The van der Waals surface area contributed by atoms with Gasteiger partial charge in [0.05, 0.1) is 6.61 Å². The van der Waals surface area contributed by atoms with E-state index in [0.717, 1.165) is 38.1 Å². The molecule has 0 aliphatic carbocycles. The Kier molecular flexibility index (Phi) is 8.13. The van der Waals surface area contributed by atoms with Crippen molar-refractivity contribution in [3.63, 3.8) is 0 Å². The molecule has 0 radical (unpaired) electrons. The molecule has 2 bridgehead atoms. The summed E-state index contributed by atoms with van der Waals surface area (Å²) in [6, 6.07) is 7.07. The van der Waals surface area contributed by atoms with Gasteiger partial charge in [-0.1, -0.05) is 13.8 Å². The Morgan fingerprint density at radius 1 is 1.18 bits per heavy atom. The van der Waals surface area contributed by atoms with E-state index < -0.39 is 6.04 Å². The molecule has 6 nitrogen and oxygen atoms in total. The Labute approximate surface area is 173 Å². The van der Waals surface area contributed by atoms with Crippen LogP contribution in [0.3, 0.4) is 0 Å². The van der Waals surface area contributed by atoms with Crippen LogP contribution in [0.5, 0.6) is 5.75 Å². The summed E-state index contributed by atoms with van der Waals surface area (Å²) in [5, 5.41) is 6.40. The summed E-state index contributed by atoms with van der Waals surface area (Å²) in [6.07, 6.45) is 3.09. The quantitative estimate of drug-likeness (QED) is 0.757. The van der Waals surface area contributed by atoms with Crippen LogP contribution in [0.1, 0.15) is 50.4 Å². The van der Waals surface area contributed by atoms with Crippen molar-refractivity contribution in [3.05, 3.63) is 29.8 Å². The van der Waals surface area contributed by atoms with Gasteiger partial charge in [-0.25, -0.2) is 0 Å². The number of rotatable bonds is 6. The highest BCUT2D eigenvalue weighted by Gasteiger charge is 2.41. The number of ether oxygens (including phenoxy) is 1. The molecule has 2 aliphatic heterocycles. The summed E-state index contributed by atoms with van der Waals surface area (Å²) in [5.41, 5.74) is 0.539. The van der Waals surface area contributed by atoms with E-state index in [9.17, 15) is 9.59 Å². The van der Waals surface area contributed by atoms with E-state index in [2.05, 4.69) is 10.6 Å². The second-order valence-electron chi connectivity index (χ2n) is 7.78. The number of amides is 2. The summed E-state index contributed by atoms with van der Waals surface area (Å²) in [5.74, 6) is 0.602. The summed E-state index contributed by atoms with van der Waals surface area (Å²) in [6.45, 7) is 8.28. The lowest BCUT2D eigenvalue weighted by Gasteiger charge is -2.33. The van der Waals surface area contributed by atoms with Crippen molar-refractivity contribution in [1.82, 2.24) is 15.5 Å². The molecule has 1 aromatic carbocycles. The van der Waals surface area contributed by atoms with E-state index in [1.165, 1.54) is 0 Å². The third-order valence-corrected chi connectivity index (χ3v) is 5.56. The maximum absolute atomic E-state index is 13.3. The first kappa shape index (κ1) is 22.5. The zero-order valence-corrected chi connectivity index (χ0v) is 17.8. The number of halogens is 1. The van der Waals surface area contributed by atoms with Crippen LogP contribution >= 0.6 is 12.4 Å². The predicted molar refractivity (Wildman–Crippen MR) is 112 cm³/mol. The largest absolute Gasteiger partial charge is 0.494 e. The Balaban J connectivity index is 0.00000280. The number of hydrogen-bond donors (Lipinski definition) is 2. The Morgan fingerprint density at radius 2 is 1.86 bits per heavy atom. The van der Waals surface area contributed by atoms with Crippen LogP contribution in [0.15, 0.2) is 24.3 Å². The van der Waals surface area contributed by atoms with E-state index in [0.29, 0.717) is 18.2 Å². The molecule has 0 spiro atoms. The fraction of sp³-hybridized carbons (Fsp3) is 0.619. The average molecular weight is 410 g/mol. The first-order chi connectivity index (χ1) is 13.0. The second kappa shape index (κ2) is 10.1. The third-order valence-electron chi connectivity index (χ3n) is 5.56. The van der Waals surface area contributed by atoms with Gasteiger partial charge >= 0.3 is 0 Å². The van der Waals surface area contributed by atoms with E-state index in [1.54, 1.807) is 24.3 Å². The summed E-state index contributed by atoms with van der Waals surface area (Å²) in [4.78, 5) is 28.1. The van der Waals surface area contributed by atoms with Crippen LogP contribution in [0, 0.1) is 5.92 Å². The molecule has 3 atom stereocenters. The van der Waals surface area contributed by atoms with E-state index in [-0.39, 0.29) is 36.2 Å². The van der Waals surface area contributed by atoms with Crippen LogP contribution in [-0.4, -0.2) is 54.5 Å². The molecule has 0 aromatic heterocycles. The van der Waals surface area contributed by atoms with Crippen molar-refractivity contribution < 1.29 is 14.3 Å². The van der Waals surface area contributed by atoms with Gasteiger partial charge in [0.1, 0.15) is 11.8 Å². The smallest absolute Gasteiger partial charge is 0.251 e. The molecular formula is C21H32ClN3O3. The number of carbonyl (C=O) groups excluding carboxylic acids is 2. The SMILES string of the molecule is CCOc1ccc(C(=O)NC(C(=O)N2C3CCNCC2CC3)C(C)C)cc1.Cl. The fourth-order valence-corrected chi connectivity index (χ4v) is 4.11. The van der Waals surface area contributed by atoms with Crippen LogP contribution in [0.25, 0.3) is 0 Å². The van der Waals surface area contributed by atoms with E-state index in [4.69, 9.17) is 4.74 Å². The fourth-order valence-electron chi connectivity index (χ4n) is 4.11. The number of nitrogens with zero attached hydrogens (tertiary/aromatic N) is 1. The highest BCUT2D eigenvalue weighted by atomic mass is 35.5. The lowest BCUT2D eigenvalue weighted by atomic mass is 10.0. The lowest BCUT2D eigenvalue weighted by Crippen LogP contribution is -2.55. The van der Waals surface area contributed by atoms with E-state index in [1.807, 2.05) is 25.7 Å². The molecule has 156 valence electrons. The molecule has 2 heterocycles. The minimum absolute atomic E-state index is 0. The summed E-state index contributed by atoms with van der Waals surface area (Å²) >= 11 is 0. The number of fused-ring (bicyclic) bond motifs is 2. The number of nitrogens with one attached hydrogen (secondary N) is 2. The molecule has 28 heavy (non-hydrogen) atoms. The first-order valence-electron chi connectivity index (χ1n) is 10.1. The van der Waals surface area contributed by atoms with Crippen LogP contribution in [-0.2, 0) is 4.79 Å². The molecule has 2 N–H and O–H groups in total. The minimum atomic E-state index is -0.509. The molecule has 2 aliphatic rings. The highest BCUT2D eigenvalue weighted by Crippen LogP contribution is 2.29. The van der Waals surface area contributed by atoms with Gasteiger partial charge in [0.25, 0.3) is 5.91 Å². The number of benzene rings is 1. The standard InChI is InChI=1S/C21H31N3O3.ClH/c1-4-27-18-9-5-15(6-10-18)20(25)23-19(14(2)3)21(26)24-16-7-8-17(24)13-22-12-11-16;/h5-6,9-10,14,16-17,19,22H,4,7-8,11-13H2,1-3H3,(H,23,25);1H. The molecular weight excluding hydrogens is 378 g/mol. The molecule has 2 amide bonds. The van der Waals surface area contributed by atoms with Gasteiger partial charge in [0, 0.05) is 24.2 Å². The normalized spacial score (nSPS) is 22.2. The van der Waals surface area contributed by atoms with Gasteiger partial charge in [0.2, 0.25) is 5.91 Å². The lowest BCUT2D eigenvalue weighted by molar-refractivity contribution is -0.137. The van der Waals surface area contributed by atoms with E-state index >= 15 is 0 Å². The zero-order valence-electron chi connectivity index (χ0n) is 16.9. The average Bonchev–Trinajstić information content (AvgIpc) is 2.92. The predicted octanol–water partition coefficient (Wildman–Crippen LogP) is 2.61. The van der Waals surface area contributed by atoms with Gasteiger partial charge in [0.15, 0.2) is 0 Å². The van der Waals surface area contributed by atoms with Gasteiger partial charge < -0.3 is 20.3 Å².